The predicted octanol–water partition coefficient (Wildman–Crippen LogP) is 0.574. The molecule has 92 valence electrons. The normalized spacial score (nSPS) is 31.6. The van der Waals surface area contributed by atoms with Gasteiger partial charge in [-0.3, -0.25) is 0 Å². The van der Waals surface area contributed by atoms with Gasteiger partial charge in [0.1, 0.15) is 5.82 Å². The van der Waals surface area contributed by atoms with Gasteiger partial charge in [0.05, 0.1) is 6.10 Å². The fourth-order valence-electron chi connectivity index (χ4n) is 3.14. The monoisotopic (exact) mass is 234 g/mol. The molecule has 2 aliphatic rings. The van der Waals surface area contributed by atoms with Crippen LogP contribution in [0.1, 0.15) is 12.8 Å². The van der Waals surface area contributed by atoms with Crippen molar-refractivity contribution in [1.82, 2.24) is 4.98 Å². The molecule has 1 saturated carbocycles. The molecule has 2 heterocycles. The number of aliphatic hydroxyl groups is 1. The lowest BCUT2D eigenvalue weighted by molar-refractivity contribution is 0.133. The molecule has 17 heavy (non-hydrogen) atoms. The zero-order valence-electron chi connectivity index (χ0n) is 9.71. The summed E-state index contributed by atoms with van der Waals surface area (Å²) in [5.41, 5.74) is 3.70. The number of rotatable bonds is 2. The third kappa shape index (κ3) is 1.85. The Hall–Kier alpha value is -1.33. The van der Waals surface area contributed by atoms with Crippen molar-refractivity contribution in [1.29, 1.82) is 0 Å². The number of nitrogens with one attached hydrogen (secondary N) is 1. The molecule has 0 spiro atoms. The van der Waals surface area contributed by atoms with Gasteiger partial charge in [-0.2, -0.15) is 0 Å². The van der Waals surface area contributed by atoms with E-state index in [9.17, 15) is 5.11 Å². The zero-order chi connectivity index (χ0) is 11.8. The molecular weight excluding hydrogens is 216 g/mol. The maximum atomic E-state index is 9.89. The minimum atomic E-state index is -0.112. The van der Waals surface area contributed by atoms with Crippen molar-refractivity contribution in [3.8, 4) is 0 Å². The van der Waals surface area contributed by atoms with E-state index in [1.165, 1.54) is 0 Å². The van der Waals surface area contributed by atoms with Gasteiger partial charge in [0.25, 0.3) is 0 Å². The van der Waals surface area contributed by atoms with E-state index in [-0.39, 0.29) is 6.10 Å². The molecule has 1 aromatic heterocycles. The average Bonchev–Trinajstić information content (AvgIpc) is 2.92. The van der Waals surface area contributed by atoms with Gasteiger partial charge >= 0.3 is 0 Å². The quantitative estimate of drug-likeness (QED) is 0.515. The lowest BCUT2D eigenvalue weighted by Crippen LogP contribution is -2.24. The molecular formula is C12H18N4O. The first-order chi connectivity index (χ1) is 8.28. The lowest BCUT2D eigenvalue weighted by atomic mass is 10.00. The summed E-state index contributed by atoms with van der Waals surface area (Å²) in [6, 6.07) is 3.95. The first kappa shape index (κ1) is 10.8. The second kappa shape index (κ2) is 4.16. The maximum absolute atomic E-state index is 9.89. The Labute approximate surface area is 101 Å². The maximum Gasteiger partial charge on any atom is 0.141 e. The van der Waals surface area contributed by atoms with Crippen LogP contribution in [0.2, 0.25) is 0 Å². The second-order valence-electron chi connectivity index (χ2n) is 5.02. The van der Waals surface area contributed by atoms with Crippen LogP contribution in [-0.4, -0.2) is 29.3 Å². The summed E-state index contributed by atoms with van der Waals surface area (Å²) in [6.07, 6.45) is 3.76. The number of hydrogen-bond donors (Lipinski definition) is 3. The summed E-state index contributed by atoms with van der Waals surface area (Å²) in [5.74, 6) is 7.13. The van der Waals surface area contributed by atoms with E-state index in [1.807, 2.05) is 12.1 Å². The van der Waals surface area contributed by atoms with Gasteiger partial charge in [-0.05, 0) is 24.8 Å². The van der Waals surface area contributed by atoms with Gasteiger partial charge in [0.15, 0.2) is 0 Å². The smallest absolute Gasteiger partial charge is 0.141 e. The molecule has 1 aliphatic carbocycles. The topological polar surface area (TPSA) is 74.4 Å². The molecule has 5 nitrogen and oxygen atoms in total. The van der Waals surface area contributed by atoms with E-state index >= 15 is 0 Å². The first-order valence-corrected chi connectivity index (χ1v) is 6.13. The molecule has 3 unspecified atom stereocenters. The number of anilines is 2. The van der Waals surface area contributed by atoms with Gasteiger partial charge in [-0.15, -0.1) is 0 Å². The van der Waals surface area contributed by atoms with E-state index in [4.69, 9.17) is 5.84 Å². The van der Waals surface area contributed by atoms with Crippen molar-refractivity contribution in [2.24, 2.45) is 17.7 Å². The SMILES string of the molecule is NNc1cc(N2CC3CCC(O)C3C2)ccn1. The van der Waals surface area contributed by atoms with Gasteiger partial charge in [0, 0.05) is 37.0 Å². The number of nitrogens with zero attached hydrogens (tertiary/aromatic N) is 2. The average molecular weight is 234 g/mol. The van der Waals surface area contributed by atoms with Crippen LogP contribution in [0.3, 0.4) is 0 Å². The van der Waals surface area contributed by atoms with E-state index in [2.05, 4.69) is 15.3 Å². The Kier molecular flexibility index (Phi) is 2.64. The van der Waals surface area contributed by atoms with Crippen LogP contribution in [-0.2, 0) is 0 Å². The summed E-state index contributed by atoms with van der Waals surface area (Å²) >= 11 is 0. The Bertz CT molecular complexity index is 411. The molecule has 1 aromatic rings. The zero-order valence-corrected chi connectivity index (χ0v) is 9.71. The van der Waals surface area contributed by atoms with E-state index < -0.39 is 0 Å². The van der Waals surface area contributed by atoms with Crippen LogP contribution in [0.4, 0.5) is 11.5 Å². The number of aliphatic hydroxyl groups excluding tert-OH is 1. The highest BCUT2D eigenvalue weighted by molar-refractivity contribution is 5.54. The van der Waals surface area contributed by atoms with Crippen molar-refractivity contribution in [2.45, 2.75) is 18.9 Å². The van der Waals surface area contributed by atoms with Gasteiger partial charge < -0.3 is 15.4 Å². The molecule has 0 aromatic carbocycles. The highest BCUT2D eigenvalue weighted by atomic mass is 16.3. The Morgan fingerprint density at radius 2 is 2.29 bits per heavy atom. The Morgan fingerprint density at radius 3 is 3.06 bits per heavy atom. The number of nitrogen functional groups attached to an aromatic ring is 1. The highest BCUT2D eigenvalue weighted by Crippen LogP contribution is 2.39. The number of hydrogen-bond acceptors (Lipinski definition) is 5. The first-order valence-electron chi connectivity index (χ1n) is 6.13. The lowest BCUT2D eigenvalue weighted by Gasteiger charge is -2.20. The fourth-order valence-corrected chi connectivity index (χ4v) is 3.14. The van der Waals surface area contributed by atoms with Crippen molar-refractivity contribution >= 4 is 11.5 Å². The molecule has 5 heteroatoms. The predicted molar refractivity (Wildman–Crippen MR) is 66.5 cm³/mol. The molecule has 3 rings (SSSR count). The van der Waals surface area contributed by atoms with Crippen molar-refractivity contribution in [3.05, 3.63) is 18.3 Å². The number of pyridine rings is 1. The highest BCUT2D eigenvalue weighted by Gasteiger charge is 2.41. The van der Waals surface area contributed by atoms with Crippen LogP contribution in [0, 0.1) is 11.8 Å². The summed E-state index contributed by atoms with van der Waals surface area (Å²) in [4.78, 5) is 6.42. The van der Waals surface area contributed by atoms with Crippen molar-refractivity contribution < 1.29 is 5.11 Å². The van der Waals surface area contributed by atoms with E-state index in [0.29, 0.717) is 17.7 Å². The molecule has 1 saturated heterocycles. The second-order valence-corrected chi connectivity index (χ2v) is 5.02. The third-order valence-electron chi connectivity index (χ3n) is 4.08. The standard InChI is InChI=1S/C12H18N4O/c13-15-12-5-9(3-4-14-12)16-6-8-1-2-11(17)10(8)7-16/h3-5,8,10-11,17H,1-2,6-7,13H2,(H,14,15). The molecule has 0 bridgehead atoms. The van der Waals surface area contributed by atoms with E-state index in [0.717, 1.165) is 31.6 Å². The third-order valence-corrected chi connectivity index (χ3v) is 4.08. The van der Waals surface area contributed by atoms with Gasteiger partial charge in [-0.25, -0.2) is 10.8 Å². The minimum Gasteiger partial charge on any atom is -0.393 e. The number of hydrazine groups is 1. The molecule has 2 fully saturated rings. The summed E-state index contributed by atoms with van der Waals surface area (Å²) in [7, 11) is 0. The summed E-state index contributed by atoms with van der Waals surface area (Å²) < 4.78 is 0. The number of aromatic nitrogens is 1. The number of fused-ring (bicyclic) bond motifs is 1. The van der Waals surface area contributed by atoms with Crippen LogP contribution in [0.5, 0.6) is 0 Å². The van der Waals surface area contributed by atoms with Gasteiger partial charge in [0.2, 0.25) is 0 Å². The molecule has 4 N–H and O–H groups in total. The van der Waals surface area contributed by atoms with Crippen molar-refractivity contribution in [2.75, 3.05) is 23.4 Å². The number of nitrogens with two attached hydrogens (primary N) is 1. The van der Waals surface area contributed by atoms with Crippen LogP contribution in [0.15, 0.2) is 18.3 Å². The van der Waals surface area contributed by atoms with Crippen LogP contribution < -0.4 is 16.2 Å². The summed E-state index contributed by atoms with van der Waals surface area (Å²) in [6.45, 7) is 1.98. The molecule has 0 amide bonds. The molecule has 3 atom stereocenters. The Morgan fingerprint density at radius 1 is 1.41 bits per heavy atom. The minimum absolute atomic E-state index is 0.112. The molecule has 1 aliphatic heterocycles. The van der Waals surface area contributed by atoms with Crippen LogP contribution in [0.25, 0.3) is 0 Å². The largest absolute Gasteiger partial charge is 0.393 e. The van der Waals surface area contributed by atoms with Crippen molar-refractivity contribution in [3.63, 3.8) is 0 Å². The van der Waals surface area contributed by atoms with E-state index in [1.54, 1.807) is 6.20 Å². The fraction of sp³-hybridized carbons (Fsp3) is 0.583. The molecule has 0 radical (unpaired) electrons. The Balaban J connectivity index is 1.78. The van der Waals surface area contributed by atoms with Gasteiger partial charge in [-0.1, -0.05) is 0 Å². The summed E-state index contributed by atoms with van der Waals surface area (Å²) in [5, 5.41) is 9.89. The van der Waals surface area contributed by atoms with Crippen LogP contribution >= 0.6 is 0 Å².